The molecule has 1 aliphatic heterocycles. The van der Waals surface area contributed by atoms with Gasteiger partial charge in [-0.3, -0.25) is 14.9 Å². The predicted octanol–water partition coefficient (Wildman–Crippen LogP) is 0.347. The average Bonchev–Trinajstić information content (AvgIpc) is 2.94. The number of carboxylic acids is 1. The van der Waals surface area contributed by atoms with Crippen molar-refractivity contribution in [1.29, 1.82) is 0 Å². The van der Waals surface area contributed by atoms with Crippen molar-refractivity contribution in [2.24, 2.45) is 5.73 Å². The molecule has 0 spiro atoms. The number of thioether (sulfide) groups is 1. The van der Waals surface area contributed by atoms with Gasteiger partial charge in [0.05, 0.1) is 12.5 Å². The van der Waals surface area contributed by atoms with Crippen molar-refractivity contribution in [2.75, 3.05) is 20.3 Å². The number of hydrogen-bond acceptors (Lipinski definition) is 6. The van der Waals surface area contributed by atoms with Gasteiger partial charge in [-0.2, -0.15) is 0 Å². The number of carbonyl (C=O) groups is 2. The van der Waals surface area contributed by atoms with E-state index in [9.17, 15) is 9.59 Å². The van der Waals surface area contributed by atoms with Crippen molar-refractivity contribution in [3.05, 3.63) is 23.8 Å². The molecule has 2 atom stereocenters. The third-order valence-corrected chi connectivity index (χ3v) is 4.33. The minimum atomic E-state index is -0.830. The van der Waals surface area contributed by atoms with Crippen molar-refractivity contribution in [1.82, 2.24) is 5.32 Å². The lowest BCUT2D eigenvalue weighted by atomic mass is 10.2. The lowest BCUT2D eigenvalue weighted by Gasteiger charge is -2.14. The van der Waals surface area contributed by atoms with Crippen LogP contribution in [0.3, 0.4) is 0 Å². The summed E-state index contributed by atoms with van der Waals surface area (Å²) < 4.78 is 10.5. The summed E-state index contributed by atoms with van der Waals surface area (Å²) in [5.74, 6) is -0.519. The van der Waals surface area contributed by atoms with E-state index in [1.54, 1.807) is 18.2 Å². The normalized spacial score (nSPS) is 21.0. The quantitative estimate of drug-likeness (QED) is 0.695. The summed E-state index contributed by atoms with van der Waals surface area (Å²) in [5.41, 5.74) is 5.91. The number of carboxylic acid groups (broad SMARTS) is 1. The summed E-state index contributed by atoms with van der Waals surface area (Å²) in [6, 6.07) is 5.23. The molecule has 0 saturated carbocycles. The van der Waals surface area contributed by atoms with Crippen LogP contribution in [0.2, 0.25) is 0 Å². The second-order valence-corrected chi connectivity index (χ2v) is 5.73. The highest BCUT2D eigenvalue weighted by atomic mass is 32.2. The molecule has 7 nitrogen and oxygen atoms in total. The van der Waals surface area contributed by atoms with Crippen molar-refractivity contribution in [3.8, 4) is 11.5 Å². The first-order valence-electron chi connectivity index (χ1n) is 6.22. The zero-order valence-corrected chi connectivity index (χ0v) is 12.2. The summed E-state index contributed by atoms with van der Waals surface area (Å²) >= 11 is 1.33. The summed E-state index contributed by atoms with van der Waals surface area (Å²) in [4.78, 5) is 21.7. The standard InChI is InChI=1S/C13H16N2O5S/c1-19-9-4-7(2-3-8(9)20-6-11(14)16)12-15-5-10(21-12)13(17)18/h2-4,10,12,15H,5-6H2,1H3,(H2,14,16)(H,17,18)/t10-,12+/m0/s1. The van der Waals surface area contributed by atoms with E-state index >= 15 is 0 Å². The van der Waals surface area contributed by atoms with Crippen LogP contribution >= 0.6 is 11.8 Å². The van der Waals surface area contributed by atoms with E-state index in [1.165, 1.54) is 18.9 Å². The van der Waals surface area contributed by atoms with Crippen LogP contribution < -0.4 is 20.5 Å². The zero-order valence-electron chi connectivity index (χ0n) is 11.4. The molecule has 0 bridgehead atoms. The van der Waals surface area contributed by atoms with Crippen molar-refractivity contribution >= 4 is 23.6 Å². The Morgan fingerprint density at radius 3 is 2.81 bits per heavy atom. The van der Waals surface area contributed by atoms with Gasteiger partial charge in [-0.15, -0.1) is 11.8 Å². The molecule has 0 aromatic heterocycles. The summed E-state index contributed by atoms with van der Waals surface area (Å²) in [6.07, 6.45) is 0. The van der Waals surface area contributed by atoms with E-state index in [2.05, 4.69) is 5.32 Å². The molecule has 0 radical (unpaired) electrons. The topological polar surface area (TPSA) is 111 Å². The maximum absolute atomic E-state index is 11.0. The summed E-state index contributed by atoms with van der Waals surface area (Å²) in [5, 5.41) is 11.5. The first-order chi connectivity index (χ1) is 10.0. The fraction of sp³-hybridized carbons (Fsp3) is 0.385. The average molecular weight is 312 g/mol. The molecule has 0 aliphatic carbocycles. The molecule has 1 aromatic carbocycles. The lowest BCUT2D eigenvalue weighted by Crippen LogP contribution is -2.21. The van der Waals surface area contributed by atoms with E-state index in [0.29, 0.717) is 18.0 Å². The third kappa shape index (κ3) is 3.79. The highest BCUT2D eigenvalue weighted by Gasteiger charge is 2.31. The fourth-order valence-corrected chi connectivity index (χ4v) is 3.07. The molecule has 1 heterocycles. The number of methoxy groups -OCH3 is 1. The van der Waals surface area contributed by atoms with Gasteiger partial charge in [-0.25, -0.2) is 0 Å². The van der Waals surface area contributed by atoms with Gasteiger partial charge in [0, 0.05) is 6.54 Å². The molecule has 8 heteroatoms. The number of ether oxygens (including phenoxy) is 2. The second kappa shape index (κ2) is 6.68. The molecule has 0 unspecified atom stereocenters. The van der Waals surface area contributed by atoms with Crippen molar-refractivity contribution in [2.45, 2.75) is 10.6 Å². The van der Waals surface area contributed by atoms with E-state index in [0.717, 1.165) is 5.56 Å². The van der Waals surface area contributed by atoms with Crippen molar-refractivity contribution < 1.29 is 24.2 Å². The number of carbonyl (C=O) groups excluding carboxylic acids is 1. The molecular formula is C13H16N2O5S. The van der Waals surface area contributed by atoms with E-state index in [-0.39, 0.29) is 12.0 Å². The van der Waals surface area contributed by atoms with Gasteiger partial charge in [-0.1, -0.05) is 6.07 Å². The van der Waals surface area contributed by atoms with Crippen LogP contribution in [0.15, 0.2) is 18.2 Å². The number of hydrogen-bond donors (Lipinski definition) is 3. The maximum Gasteiger partial charge on any atom is 0.318 e. The maximum atomic E-state index is 11.0. The minimum absolute atomic E-state index is 0.120. The molecule has 114 valence electrons. The molecule has 4 N–H and O–H groups in total. The van der Waals surface area contributed by atoms with Crippen molar-refractivity contribution in [3.63, 3.8) is 0 Å². The van der Waals surface area contributed by atoms with E-state index in [1.807, 2.05) is 0 Å². The van der Waals surface area contributed by atoms with Gasteiger partial charge < -0.3 is 20.3 Å². The largest absolute Gasteiger partial charge is 0.493 e. The van der Waals surface area contributed by atoms with Gasteiger partial charge in [0.2, 0.25) is 0 Å². The number of aliphatic carboxylic acids is 1. The van der Waals surface area contributed by atoms with E-state index in [4.69, 9.17) is 20.3 Å². The van der Waals surface area contributed by atoms with Gasteiger partial charge in [0.25, 0.3) is 5.91 Å². The Kier molecular flexibility index (Phi) is 4.92. The number of primary amides is 1. The van der Waals surface area contributed by atoms with Gasteiger partial charge in [-0.05, 0) is 17.7 Å². The Morgan fingerprint density at radius 1 is 1.48 bits per heavy atom. The van der Waals surface area contributed by atoms with Gasteiger partial charge >= 0.3 is 5.97 Å². The SMILES string of the molecule is COc1cc([C@@H]2NC[C@@H](C(=O)O)S2)ccc1OCC(N)=O. The van der Waals surface area contributed by atoms with Gasteiger partial charge in [0.1, 0.15) is 5.25 Å². The summed E-state index contributed by atoms with van der Waals surface area (Å²) in [7, 11) is 1.49. The second-order valence-electron chi connectivity index (χ2n) is 4.42. The number of benzene rings is 1. The number of nitrogens with two attached hydrogens (primary N) is 1. The Balaban J connectivity index is 2.12. The number of nitrogens with one attached hydrogen (secondary N) is 1. The fourth-order valence-electron chi connectivity index (χ4n) is 1.93. The van der Waals surface area contributed by atoms with Crippen LogP contribution in [-0.2, 0) is 9.59 Å². The van der Waals surface area contributed by atoms with Gasteiger partial charge in [0.15, 0.2) is 18.1 Å². The summed E-state index contributed by atoms with van der Waals surface area (Å²) in [6.45, 7) is 0.181. The lowest BCUT2D eigenvalue weighted by molar-refractivity contribution is -0.136. The molecule has 2 rings (SSSR count). The molecule has 21 heavy (non-hydrogen) atoms. The Bertz CT molecular complexity index is 551. The zero-order chi connectivity index (χ0) is 15.4. The highest BCUT2D eigenvalue weighted by Crippen LogP contribution is 2.38. The number of rotatable bonds is 6. The predicted molar refractivity (Wildman–Crippen MR) is 77.4 cm³/mol. The molecule has 1 fully saturated rings. The minimum Gasteiger partial charge on any atom is -0.493 e. The van der Waals surface area contributed by atoms with Crippen LogP contribution in [0.25, 0.3) is 0 Å². The van der Waals surface area contributed by atoms with Crippen LogP contribution in [-0.4, -0.2) is 42.5 Å². The monoisotopic (exact) mass is 312 g/mol. The van der Waals surface area contributed by atoms with Crippen LogP contribution in [0.5, 0.6) is 11.5 Å². The molecule has 1 amide bonds. The van der Waals surface area contributed by atoms with E-state index < -0.39 is 17.1 Å². The molecule has 1 saturated heterocycles. The third-order valence-electron chi connectivity index (χ3n) is 2.92. The highest BCUT2D eigenvalue weighted by molar-refractivity contribution is 8.01. The van der Waals surface area contributed by atoms with Crippen LogP contribution in [0.1, 0.15) is 10.9 Å². The molecular weight excluding hydrogens is 296 g/mol. The first-order valence-corrected chi connectivity index (χ1v) is 7.16. The molecule has 1 aliphatic rings. The Hall–Kier alpha value is -1.93. The Labute approximate surface area is 125 Å². The number of amides is 1. The Morgan fingerprint density at radius 2 is 2.24 bits per heavy atom. The van der Waals surface area contributed by atoms with Crippen LogP contribution in [0, 0.1) is 0 Å². The molecule has 1 aromatic rings. The van der Waals surface area contributed by atoms with Crippen LogP contribution in [0.4, 0.5) is 0 Å². The smallest absolute Gasteiger partial charge is 0.318 e. The first kappa shape index (κ1) is 15.5.